The minimum absolute atomic E-state index is 0.0481. The lowest BCUT2D eigenvalue weighted by atomic mass is 10.1. The SMILES string of the molecule is CN(CC1CCCCO1)C(=O)c1ccnc(NN)c1. The molecular formula is C13H20N4O2. The number of hydrogen-bond acceptors (Lipinski definition) is 5. The van der Waals surface area contributed by atoms with Gasteiger partial charge in [0.25, 0.3) is 5.91 Å². The second kappa shape index (κ2) is 6.49. The highest BCUT2D eigenvalue weighted by Gasteiger charge is 2.19. The Balaban J connectivity index is 1.97. The summed E-state index contributed by atoms with van der Waals surface area (Å²) in [7, 11) is 1.79. The number of nitrogen functional groups attached to an aromatic ring is 1. The predicted molar refractivity (Wildman–Crippen MR) is 72.6 cm³/mol. The zero-order valence-corrected chi connectivity index (χ0v) is 11.1. The normalized spacial score (nSPS) is 18.9. The molecule has 1 fully saturated rings. The van der Waals surface area contributed by atoms with Gasteiger partial charge in [-0.15, -0.1) is 0 Å². The maximum atomic E-state index is 12.3. The predicted octanol–water partition coefficient (Wildman–Crippen LogP) is 1.01. The monoisotopic (exact) mass is 264 g/mol. The van der Waals surface area contributed by atoms with E-state index in [2.05, 4.69) is 10.4 Å². The van der Waals surface area contributed by atoms with Crippen LogP contribution in [0.15, 0.2) is 18.3 Å². The fourth-order valence-electron chi connectivity index (χ4n) is 2.20. The molecule has 0 bridgehead atoms. The zero-order valence-electron chi connectivity index (χ0n) is 11.1. The average molecular weight is 264 g/mol. The van der Waals surface area contributed by atoms with E-state index in [0.29, 0.717) is 17.9 Å². The smallest absolute Gasteiger partial charge is 0.253 e. The Morgan fingerprint density at radius 3 is 3.16 bits per heavy atom. The van der Waals surface area contributed by atoms with E-state index in [9.17, 15) is 4.79 Å². The fraction of sp³-hybridized carbons (Fsp3) is 0.538. The molecule has 0 spiro atoms. The number of rotatable bonds is 4. The van der Waals surface area contributed by atoms with Gasteiger partial charge in [0.05, 0.1) is 6.10 Å². The number of ether oxygens (including phenoxy) is 1. The van der Waals surface area contributed by atoms with Crippen LogP contribution >= 0.6 is 0 Å². The van der Waals surface area contributed by atoms with Crippen LogP contribution < -0.4 is 11.3 Å². The molecule has 6 nitrogen and oxygen atoms in total. The lowest BCUT2D eigenvalue weighted by molar-refractivity contribution is -0.000187. The largest absolute Gasteiger partial charge is 0.376 e. The third-order valence-corrected chi connectivity index (χ3v) is 3.25. The van der Waals surface area contributed by atoms with Crippen molar-refractivity contribution in [3.05, 3.63) is 23.9 Å². The first-order chi connectivity index (χ1) is 9.20. The van der Waals surface area contributed by atoms with Crippen molar-refractivity contribution >= 4 is 11.7 Å². The van der Waals surface area contributed by atoms with E-state index in [1.165, 1.54) is 6.42 Å². The molecule has 1 aliphatic rings. The number of nitrogens with one attached hydrogen (secondary N) is 1. The summed E-state index contributed by atoms with van der Waals surface area (Å²) in [6, 6.07) is 3.32. The van der Waals surface area contributed by atoms with E-state index >= 15 is 0 Å². The minimum atomic E-state index is -0.0481. The third kappa shape index (κ3) is 3.65. The molecule has 2 heterocycles. The summed E-state index contributed by atoms with van der Waals surface area (Å²) in [4.78, 5) is 17.9. The quantitative estimate of drug-likeness (QED) is 0.626. The first kappa shape index (κ1) is 13.8. The Morgan fingerprint density at radius 2 is 2.47 bits per heavy atom. The number of carbonyl (C=O) groups is 1. The van der Waals surface area contributed by atoms with Crippen LogP contribution in [0.1, 0.15) is 29.6 Å². The van der Waals surface area contributed by atoms with E-state index in [1.54, 1.807) is 30.3 Å². The standard InChI is InChI=1S/C13H20N4O2/c1-17(9-11-4-2-3-7-19-11)13(18)10-5-6-15-12(8-10)16-14/h5-6,8,11H,2-4,7,9,14H2,1H3,(H,15,16). The van der Waals surface area contributed by atoms with E-state index < -0.39 is 0 Å². The number of hydrazine groups is 1. The Bertz CT molecular complexity index is 432. The number of amides is 1. The average Bonchev–Trinajstić information content (AvgIpc) is 2.47. The van der Waals surface area contributed by atoms with Crippen molar-refractivity contribution in [1.29, 1.82) is 0 Å². The number of likely N-dealkylation sites (N-methyl/N-ethyl adjacent to an activating group) is 1. The molecular weight excluding hydrogens is 244 g/mol. The van der Waals surface area contributed by atoms with Crippen LogP contribution in [0.5, 0.6) is 0 Å². The van der Waals surface area contributed by atoms with Crippen molar-refractivity contribution in [2.75, 3.05) is 25.6 Å². The van der Waals surface area contributed by atoms with Gasteiger partial charge >= 0.3 is 0 Å². The van der Waals surface area contributed by atoms with Crippen LogP contribution in [0.3, 0.4) is 0 Å². The molecule has 1 aromatic rings. The van der Waals surface area contributed by atoms with Gasteiger partial charge in [0, 0.05) is 32.0 Å². The van der Waals surface area contributed by atoms with Crippen LogP contribution in [0.4, 0.5) is 5.82 Å². The molecule has 1 saturated heterocycles. The molecule has 0 radical (unpaired) electrons. The number of aromatic nitrogens is 1. The summed E-state index contributed by atoms with van der Waals surface area (Å²) in [5.74, 6) is 5.72. The maximum absolute atomic E-state index is 12.3. The third-order valence-electron chi connectivity index (χ3n) is 3.25. The molecule has 1 aliphatic heterocycles. The van der Waals surface area contributed by atoms with Gasteiger partial charge in [-0.3, -0.25) is 4.79 Å². The van der Waals surface area contributed by atoms with Crippen molar-refractivity contribution in [3.63, 3.8) is 0 Å². The molecule has 2 rings (SSSR count). The topological polar surface area (TPSA) is 80.5 Å². The van der Waals surface area contributed by atoms with Crippen molar-refractivity contribution < 1.29 is 9.53 Å². The highest BCUT2D eigenvalue weighted by Crippen LogP contribution is 2.15. The molecule has 19 heavy (non-hydrogen) atoms. The second-order valence-electron chi connectivity index (χ2n) is 4.75. The number of nitrogens with two attached hydrogens (primary N) is 1. The summed E-state index contributed by atoms with van der Waals surface area (Å²) in [5, 5.41) is 0. The summed E-state index contributed by atoms with van der Waals surface area (Å²) in [5.41, 5.74) is 3.01. The van der Waals surface area contributed by atoms with E-state index in [1.807, 2.05) is 0 Å². The van der Waals surface area contributed by atoms with Crippen LogP contribution in [0, 0.1) is 0 Å². The molecule has 1 atom stereocenters. The summed E-state index contributed by atoms with van der Waals surface area (Å²) in [6.45, 7) is 1.41. The van der Waals surface area contributed by atoms with Gasteiger partial charge in [0.2, 0.25) is 0 Å². The Labute approximate surface area is 112 Å². The lowest BCUT2D eigenvalue weighted by Crippen LogP contribution is -2.37. The van der Waals surface area contributed by atoms with E-state index in [4.69, 9.17) is 10.6 Å². The van der Waals surface area contributed by atoms with Crippen LogP contribution in [0.25, 0.3) is 0 Å². The number of hydrogen-bond donors (Lipinski definition) is 2. The van der Waals surface area contributed by atoms with Gasteiger partial charge in [-0.2, -0.15) is 0 Å². The Kier molecular flexibility index (Phi) is 4.70. The van der Waals surface area contributed by atoms with Gasteiger partial charge in [-0.1, -0.05) is 0 Å². The first-order valence-electron chi connectivity index (χ1n) is 6.50. The van der Waals surface area contributed by atoms with Gasteiger partial charge in [-0.05, 0) is 31.4 Å². The zero-order chi connectivity index (χ0) is 13.7. The van der Waals surface area contributed by atoms with E-state index in [-0.39, 0.29) is 12.0 Å². The lowest BCUT2D eigenvalue weighted by Gasteiger charge is -2.27. The molecule has 1 amide bonds. The first-order valence-corrected chi connectivity index (χ1v) is 6.50. The Morgan fingerprint density at radius 1 is 1.63 bits per heavy atom. The van der Waals surface area contributed by atoms with E-state index in [0.717, 1.165) is 19.4 Å². The summed E-state index contributed by atoms with van der Waals surface area (Å²) >= 11 is 0. The molecule has 3 N–H and O–H groups in total. The summed E-state index contributed by atoms with van der Waals surface area (Å²) < 4.78 is 5.64. The van der Waals surface area contributed by atoms with Crippen molar-refractivity contribution in [2.24, 2.45) is 5.84 Å². The molecule has 1 aromatic heterocycles. The van der Waals surface area contributed by atoms with Gasteiger partial charge in [0.15, 0.2) is 0 Å². The maximum Gasteiger partial charge on any atom is 0.253 e. The van der Waals surface area contributed by atoms with Gasteiger partial charge in [-0.25, -0.2) is 10.8 Å². The number of carbonyl (C=O) groups excluding carboxylic acids is 1. The van der Waals surface area contributed by atoms with Crippen molar-refractivity contribution in [2.45, 2.75) is 25.4 Å². The summed E-state index contributed by atoms with van der Waals surface area (Å²) in [6.07, 6.45) is 5.01. The Hall–Kier alpha value is -1.66. The molecule has 0 aliphatic carbocycles. The highest BCUT2D eigenvalue weighted by atomic mass is 16.5. The van der Waals surface area contributed by atoms with Crippen LogP contribution in [0.2, 0.25) is 0 Å². The van der Waals surface area contributed by atoms with Crippen LogP contribution in [-0.4, -0.2) is 42.1 Å². The minimum Gasteiger partial charge on any atom is -0.376 e. The van der Waals surface area contributed by atoms with Crippen LogP contribution in [-0.2, 0) is 4.74 Å². The van der Waals surface area contributed by atoms with Gasteiger partial charge < -0.3 is 15.1 Å². The second-order valence-corrected chi connectivity index (χ2v) is 4.75. The number of nitrogens with zero attached hydrogens (tertiary/aromatic N) is 2. The highest BCUT2D eigenvalue weighted by molar-refractivity contribution is 5.94. The van der Waals surface area contributed by atoms with Gasteiger partial charge in [0.1, 0.15) is 5.82 Å². The molecule has 1 unspecified atom stereocenters. The van der Waals surface area contributed by atoms with Crippen molar-refractivity contribution in [3.8, 4) is 0 Å². The fourth-order valence-corrected chi connectivity index (χ4v) is 2.20. The molecule has 6 heteroatoms. The number of anilines is 1. The molecule has 0 aromatic carbocycles. The van der Waals surface area contributed by atoms with Crippen molar-refractivity contribution in [1.82, 2.24) is 9.88 Å². The molecule has 104 valence electrons. The molecule has 0 saturated carbocycles. The number of pyridine rings is 1.